The summed E-state index contributed by atoms with van der Waals surface area (Å²) >= 11 is 12.8. The van der Waals surface area contributed by atoms with Crippen molar-refractivity contribution in [1.82, 2.24) is 4.72 Å². The number of ketones is 1. The van der Waals surface area contributed by atoms with E-state index in [1.54, 1.807) is 18.2 Å². The second kappa shape index (κ2) is 17.0. The molecule has 2 aliphatic carbocycles. The van der Waals surface area contributed by atoms with Crippen molar-refractivity contribution in [2.75, 3.05) is 30.3 Å². The molecule has 3 fully saturated rings. The number of unbranched alkanes of at least 4 members (excludes halogenated alkanes) is 7. The quantitative estimate of drug-likeness (QED) is 0.108. The molecule has 0 aromatic heterocycles. The summed E-state index contributed by atoms with van der Waals surface area (Å²) in [5.41, 5.74) is 13.3. The lowest BCUT2D eigenvalue weighted by Crippen LogP contribution is -2.39. The number of carbonyl (C=O) groups is 2. The van der Waals surface area contributed by atoms with Crippen LogP contribution in [0, 0.1) is 17.7 Å². The van der Waals surface area contributed by atoms with E-state index in [2.05, 4.69) is 4.72 Å². The maximum Gasteiger partial charge on any atom is 0.264 e. The third kappa shape index (κ3) is 9.76. The molecule has 0 spiro atoms. The monoisotopic (exact) mass is 736 g/mol. The molecule has 2 bridgehead atoms. The standard InChI is InChI=1S/C36H47Cl2FN4O5S/c37-28-10-9-11-29(38)33(28)34(41)27(35(44)23-12-13-23)22-48-32-20-26-18-25(32)21-43(26)31-15-14-24(19-30(31)39)36(45)42-49(46,47)17-8-6-4-2-1-3-5-7-16-40/h9-11,14-15,19,23,25-26,32H,1-8,12-13,16-18,20-22,40-41H2,(H,42,45)/t25-,26-,32+/m0/s1. The van der Waals surface area contributed by atoms with Gasteiger partial charge in [-0.15, -0.1) is 0 Å². The van der Waals surface area contributed by atoms with Crippen molar-refractivity contribution in [3.8, 4) is 0 Å². The van der Waals surface area contributed by atoms with Crippen molar-refractivity contribution in [1.29, 1.82) is 0 Å². The fourth-order valence-electron chi connectivity index (χ4n) is 7.00. The zero-order valence-corrected chi connectivity index (χ0v) is 30.1. The Kier molecular flexibility index (Phi) is 13.0. The van der Waals surface area contributed by atoms with Crippen LogP contribution in [0.15, 0.2) is 42.0 Å². The van der Waals surface area contributed by atoms with Gasteiger partial charge in [-0.3, -0.25) is 9.59 Å². The predicted octanol–water partition coefficient (Wildman–Crippen LogP) is 6.60. The molecule has 3 atom stereocenters. The largest absolute Gasteiger partial charge is 0.398 e. The van der Waals surface area contributed by atoms with Gasteiger partial charge in [-0.2, -0.15) is 0 Å². The normalized spacial score (nSPS) is 20.8. The van der Waals surface area contributed by atoms with Crippen molar-refractivity contribution in [3.05, 3.63) is 69.0 Å². The number of Topliss-reactive ketones (excluding diaryl/α,β-unsaturated/α-hetero) is 1. The Morgan fingerprint density at radius 1 is 0.959 bits per heavy atom. The number of nitrogens with zero attached hydrogens (tertiary/aromatic N) is 1. The van der Waals surface area contributed by atoms with Gasteiger partial charge in [-0.05, 0) is 75.4 Å². The van der Waals surface area contributed by atoms with E-state index in [0.29, 0.717) is 52.8 Å². The van der Waals surface area contributed by atoms with Crippen LogP contribution < -0.4 is 21.1 Å². The minimum atomic E-state index is -3.84. The fraction of sp³-hybridized carbons (Fsp3) is 0.556. The zero-order chi connectivity index (χ0) is 35.1. The van der Waals surface area contributed by atoms with E-state index in [0.717, 1.165) is 70.3 Å². The molecule has 1 aliphatic heterocycles. The molecule has 13 heteroatoms. The van der Waals surface area contributed by atoms with Crippen LogP contribution in [0.3, 0.4) is 0 Å². The Morgan fingerprint density at radius 3 is 2.20 bits per heavy atom. The summed E-state index contributed by atoms with van der Waals surface area (Å²) in [7, 11) is -3.84. The number of piperidine rings is 1. The van der Waals surface area contributed by atoms with E-state index in [1.165, 1.54) is 12.1 Å². The molecule has 3 aliphatic rings. The zero-order valence-electron chi connectivity index (χ0n) is 27.8. The number of nitrogens with one attached hydrogen (secondary N) is 1. The fourth-order valence-corrected chi connectivity index (χ4v) is 8.69. The van der Waals surface area contributed by atoms with Crippen LogP contribution in [0.25, 0.3) is 5.70 Å². The van der Waals surface area contributed by atoms with Gasteiger partial charge in [0.05, 0.1) is 39.9 Å². The molecule has 0 radical (unpaired) electrons. The predicted molar refractivity (Wildman–Crippen MR) is 193 cm³/mol. The molecule has 268 valence electrons. The van der Waals surface area contributed by atoms with Gasteiger partial charge in [0, 0.05) is 41.1 Å². The molecule has 2 saturated carbocycles. The van der Waals surface area contributed by atoms with Crippen molar-refractivity contribution in [2.45, 2.75) is 89.2 Å². The molecule has 49 heavy (non-hydrogen) atoms. The van der Waals surface area contributed by atoms with Crippen molar-refractivity contribution >= 4 is 56.3 Å². The average Bonchev–Trinajstić information content (AvgIpc) is 3.73. The van der Waals surface area contributed by atoms with Gasteiger partial charge >= 0.3 is 0 Å². The number of sulfonamides is 1. The second-order valence-electron chi connectivity index (χ2n) is 13.5. The SMILES string of the molecule is NCCCCCCCCCCS(=O)(=O)NC(=O)c1ccc(N2C[C@@H]3C[C@H]2C[C@H]3OCC(C(=O)C2CC2)=C(N)c2c(Cl)cccc2Cl)c(F)c1. The van der Waals surface area contributed by atoms with Crippen LogP contribution in [0.2, 0.25) is 10.0 Å². The van der Waals surface area contributed by atoms with E-state index in [-0.39, 0.29) is 53.4 Å². The highest BCUT2D eigenvalue weighted by atomic mass is 35.5. The Balaban J connectivity index is 1.12. The molecule has 1 saturated heterocycles. The lowest BCUT2D eigenvalue weighted by atomic mass is 10.0. The molecular formula is C36H47Cl2FN4O5S. The Labute approximate surface area is 298 Å². The lowest BCUT2D eigenvalue weighted by Gasteiger charge is -2.33. The number of halogens is 3. The molecule has 1 heterocycles. The topological polar surface area (TPSA) is 145 Å². The Hall–Kier alpha value is -2.70. The number of ether oxygens (including phenoxy) is 1. The van der Waals surface area contributed by atoms with Crippen LogP contribution in [-0.2, 0) is 19.6 Å². The molecule has 2 aromatic rings. The lowest BCUT2D eigenvalue weighted by molar-refractivity contribution is -0.117. The number of rotatable bonds is 19. The first-order chi connectivity index (χ1) is 23.5. The van der Waals surface area contributed by atoms with Crippen LogP contribution in [0.5, 0.6) is 0 Å². The summed E-state index contributed by atoms with van der Waals surface area (Å²) in [6, 6.07) is 9.16. The highest BCUT2D eigenvalue weighted by Gasteiger charge is 2.46. The van der Waals surface area contributed by atoms with Crippen LogP contribution in [0.1, 0.15) is 93.0 Å². The second-order valence-corrected chi connectivity index (χ2v) is 16.2. The number of fused-ring (bicyclic) bond motifs is 2. The minimum Gasteiger partial charge on any atom is -0.398 e. The average molecular weight is 738 g/mol. The molecule has 5 rings (SSSR count). The first kappa shape index (κ1) is 37.6. The smallest absolute Gasteiger partial charge is 0.264 e. The van der Waals surface area contributed by atoms with Crippen molar-refractivity contribution in [3.63, 3.8) is 0 Å². The number of amides is 1. The molecule has 2 aromatic carbocycles. The van der Waals surface area contributed by atoms with Gasteiger partial charge < -0.3 is 21.1 Å². The molecular weight excluding hydrogens is 690 g/mol. The maximum atomic E-state index is 15.4. The van der Waals surface area contributed by atoms with Crippen LogP contribution in [0.4, 0.5) is 10.1 Å². The number of hydrogen-bond acceptors (Lipinski definition) is 8. The van der Waals surface area contributed by atoms with Gasteiger partial charge in [-0.1, -0.05) is 67.8 Å². The Bertz CT molecular complexity index is 1630. The summed E-state index contributed by atoms with van der Waals surface area (Å²) in [6.07, 6.45) is 10.5. The number of carbonyl (C=O) groups excluding carboxylic acids is 2. The number of nitrogens with two attached hydrogens (primary N) is 2. The van der Waals surface area contributed by atoms with Gasteiger partial charge in [0.1, 0.15) is 5.82 Å². The first-order valence-corrected chi connectivity index (χ1v) is 19.8. The van der Waals surface area contributed by atoms with E-state index >= 15 is 4.39 Å². The minimum absolute atomic E-state index is 0.0115. The molecule has 1 amide bonds. The summed E-state index contributed by atoms with van der Waals surface area (Å²) in [5, 5.41) is 0.722. The maximum absolute atomic E-state index is 15.4. The van der Waals surface area contributed by atoms with E-state index in [1.807, 2.05) is 4.90 Å². The number of hydrogen-bond donors (Lipinski definition) is 3. The molecule has 5 N–H and O–H groups in total. The highest BCUT2D eigenvalue weighted by Crippen LogP contribution is 2.43. The Morgan fingerprint density at radius 2 is 1.61 bits per heavy atom. The number of benzene rings is 2. The third-order valence-corrected chi connectivity index (χ3v) is 11.8. The van der Waals surface area contributed by atoms with Gasteiger partial charge in [0.25, 0.3) is 5.91 Å². The summed E-state index contributed by atoms with van der Waals surface area (Å²) < 4.78 is 48.8. The van der Waals surface area contributed by atoms with E-state index in [4.69, 9.17) is 39.4 Å². The van der Waals surface area contributed by atoms with Gasteiger partial charge in [0.15, 0.2) is 5.78 Å². The summed E-state index contributed by atoms with van der Waals surface area (Å²) in [6.45, 7) is 1.29. The first-order valence-electron chi connectivity index (χ1n) is 17.4. The number of anilines is 1. The molecule has 0 unspecified atom stereocenters. The highest BCUT2D eigenvalue weighted by molar-refractivity contribution is 7.90. The van der Waals surface area contributed by atoms with Crippen molar-refractivity contribution < 1.29 is 27.1 Å². The summed E-state index contributed by atoms with van der Waals surface area (Å²) in [5.74, 6) is -1.60. The van der Waals surface area contributed by atoms with Crippen LogP contribution >= 0.6 is 23.2 Å². The molecule has 9 nitrogen and oxygen atoms in total. The van der Waals surface area contributed by atoms with E-state index < -0.39 is 21.7 Å². The van der Waals surface area contributed by atoms with Gasteiger partial charge in [0.2, 0.25) is 10.0 Å². The van der Waals surface area contributed by atoms with E-state index in [9.17, 15) is 18.0 Å². The van der Waals surface area contributed by atoms with Crippen molar-refractivity contribution in [2.24, 2.45) is 23.3 Å². The third-order valence-electron chi connectivity index (χ3n) is 9.86. The van der Waals surface area contributed by atoms with Crippen LogP contribution in [-0.4, -0.2) is 57.7 Å². The summed E-state index contributed by atoms with van der Waals surface area (Å²) in [4.78, 5) is 27.9. The van der Waals surface area contributed by atoms with Gasteiger partial charge in [-0.25, -0.2) is 17.5 Å².